The van der Waals surface area contributed by atoms with E-state index in [0.29, 0.717) is 18.7 Å². The van der Waals surface area contributed by atoms with Crippen molar-refractivity contribution in [3.8, 4) is 0 Å². The first-order valence-corrected chi connectivity index (χ1v) is 7.46. The number of carbonyl (C=O) groups excluding carboxylic acids is 2. The minimum atomic E-state index is -0.759. The maximum absolute atomic E-state index is 12.9. The summed E-state index contributed by atoms with van der Waals surface area (Å²) >= 11 is 0. The van der Waals surface area contributed by atoms with Crippen molar-refractivity contribution >= 4 is 11.8 Å². The van der Waals surface area contributed by atoms with E-state index in [1.54, 1.807) is 17.2 Å². The van der Waals surface area contributed by atoms with Crippen LogP contribution < -0.4 is 5.32 Å². The molecular formula is C15H20N4O2. The summed E-state index contributed by atoms with van der Waals surface area (Å²) in [6.07, 6.45) is 4.19. The number of carbonyl (C=O) groups is 2. The Morgan fingerprint density at radius 1 is 1.43 bits per heavy atom. The van der Waals surface area contributed by atoms with Crippen LogP contribution in [0.1, 0.15) is 38.8 Å². The molecule has 1 saturated carbocycles. The lowest BCUT2D eigenvalue weighted by Gasteiger charge is -2.44. The van der Waals surface area contributed by atoms with Gasteiger partial charge in [-0.1, -0.05) is 6.92 Å². The van der Waals surface area contributed by atoms with Gasteiger partial charge in [0.25, 0.3) is 0 Å². The van der Waals surface area contributed by atoms with Gasteiger partial charge in [0.05, 0.1) is 12.2 Å². The molecule has 0 bridgehead atoms. The number of nitrogens with zero attached hydrogens (tertiary/aromatic N) is 3. The molecule has 1 aliphatic carbocycles. The van der Waals surface area contributed by atoms with Gasteiger partial charge in [0.2, 0.25) is 11.8 Å². The van der Waals surface area contributed by atoms with Crippen molar-refractivity contribution in [1.29, 1.82) is 0 Å². The van der Waals surface area contributed by atoms with Crippen molar-refractivity contribution in [1.82, 2.24) is 20.4 Å². The SMILES string of the molecule is CCC1C(=O)NC(C)(C2CC2)C(=O)N1Cc1cccnn1. The Labute approximate surface area is 123 Å². The van der Waals surface area contributed by atoms with Gasteiger partial charge in [-0.05, 0) is 44.2 Å². The maximum Gasteiger partial charge on any atom is 0.249 e. The number of rotatable bonds is 4. The molecule has 0 radical (unpaired) electrons. The summed E-state index contributed by atoms with van der Waals surface area (Å²) in [7, 11) is 0. The van der Waals surface area contributed by atoms with Crippen molar-refractivity contribution in [2.75, 3.05) is 0 Å². The Kier molecular flexibility index (Phi) is 3.39. The zero-order valence-electron chi connectivity index (χ0n) is 12.4. The molecule has 0 spiro atoms. The van der Waals surface area contributed by atoms with Crippen LogP contribution in [0.4, 0.5) is 0 Å². The predicted octanol–water partition coefficient (Wildman–Crippen LogP) is 0.882. The van der Waals surface area contributed by atoms with Gasteiger partial charge in [0, 0.05) is 6.20 Å². The molecule has 6 heteroatoms. The lowest BCUT2D eigenvalue weighted by molar-refractivity contribution is -0.156. The van der Waals surface area contributed by atoms with E-state index in [4.69, 9.17) is 0 Å². The summed E-state index contributed by atoms with van der Waals surface area (Å²) < 4.78 is 0. The highest BCUT2D eigenvalue weighted by molar-refractivity contribution is 6.00. The van der Waals surface area contributed by atoms with Crippen LogP contribution in [0, 0.1) is 5.92 Å². The fraction of sp³-hybridized carbons (Fsp3) is 0.600. The van der Waals surface area contributed by atoms with Crippen molar-refractivity contribution in [3.63, 3.8) is 0 Å². The number of hydrogen-bond donors (Lipinski definition) is 1. The summed E-state index contributed by atoms with van der Waals surface area (Å²) in [4.78, 5) is 27.0. The van der Waals surface area contributed by atoms with Gasteiger partial charge in [-0.25, -0.2) is 0 Å². The summed E-state index contributed by atoms with van der Waals surface area (Å²) in [5.74, 6) is 0.202. The zero-order valence-corrected chi connectivity index (χ0v) is 12.4. The first-order chi connectivity index (χ1) is 10.1. The van der Waals surface area contributed by atoms with Gasteiger partial charge >= 0.3 is 0 Å². The average Bonchev–Trinajstić information content (AvgIpc) is 3.31. The molecule has 1 N–H and O–H groups in total. The van der Waals surface area contributed by atoms with E-state index in [1.807, 2.05) is 19.9 Å². The lowest BCUT2D eigenvalue weighted by Crippen LogP contribution is -2.69. The maximum atomic E-state index is 12.9. The van der Waals surface area contributed by atoms with Crippen LogP contribution in [0.2, 0.25) is 0 Å². The standard InChI is InChI=1S/C15H20N4O2/c1-3-12-13(20)17-15(2,10-6-7-10)14(21)19(12)9-11-5-4-8-16-18-11/h4-5,8,10,12H,3,6-7,9H2,1-2H3,(H,17,20). The highest BCUT2D eigenvalue weighted by Crippen LogP contribution is 2.42. The number of amides is 2. The Bertz CT molecular complexity index is 558. The molecule has 112 valence electrons. The lowest BCUT2D eigenvalue weighted by atomic mass is 9.88. The zero-order chi connectivity index (χ0) is 15.0. The molecule has 2 atom stereocenters. The van der Waals surface area contributed by atoms with Gasteiger partial charge in [0.15, 0.2) is 0 Å². The van der Waals surface area contributed by atoms with Crippen molar-refractivity contribution in [2.24, 2.45) is 5.92 Å². The summed E-state index contributed by atoms with van der Waals surface area (Å²) in [6, 6.07) is 3.19. The fourth-order valence-electron chi connectivity index (χ4n) is 3.09. The Hall–Kier alpha value is -1.98. The molecular weight excluding hydrogens is 268 g/mol. The highest BCUT2D eigenvalue weighted by atomic mass is 16.2. The highest BCUT2D eigenvalue weighted by Gasteiger charge is 2.54. The second-order valence-corrected chi connectivity index (χ2v) is 6.04. The van der Waals surface area contributed by atoms with Crippen LogP contribution in [0.15, 0.2) is 18.3 Å². The second kappa shape index (κ2) is 5.09. The molecule has 2 heterocycles. The normalized spacial score (nSPS) is 29.4. The molecule has 0 aromatic carbocycles. The van der Waals surface area contributed by atoms with E-state index >= 15 is 0 Å². The largest absolute Gasteiger partial charge is 0.340 e. The van der Waals surface area contributed by atoms with Crippen LogP contribution in [-0.2, 0) is 16.1 Å². The minimum absolute atomic E-state index is 0.00195. The molecule has 1 aliphatic heterocycles. The molecule has 2 amide bonds. The van der Waals surface area contributed by atoms with Crippen LogP contribution in [0.3, 0.4) is 0 Å². The monoisotopic (exact) mass is 288 g/mol. The van der Waals surface area contributed by atoms with Gasteiger partial charge in [0.1, 0.15) is 11.6 Å². The van der Waals surface area contributed by atoms with Crippen LogP contribution >= 0.6 is 0 Å². The predicted molar refractivity (Wildman–Crippen MR) is 75.9 cm³/mol. The number of hydrogen-bond acceptors (Lipinski definition) is 4. The van der Waals surface area contributed by atoms with Gasteiger partial charge < -0.3 is 10.2 Å². The number of aromatic nitrogens is 2. The average molecular weight is 288 g/mol. The Balaban J connectivity index is 1.89. The molecule has 2 aliphatic rings. The molecule has 6 nitrogen and oxygen atoms in total. The van der Waals surface area contributed by atoms with Crippen molar-refractivity contribution in [2.45, 2.75) is 51.2 Å². The molecule has 3 rings (SSSR count). The first kappa shape index (κ1) is 14.0. The van der Waals surface area contributed by atoms with Gasteiger partial charge in [-0.15, -0.1) is 0 Å². The van der Waals surface area contributed by atoms with Crippen LogP contribution in [0.5, 0.6) is 0 Å². The fourth-order valence-corrected chi connectivity index (χ4v) is 3.09. The van der Waals surface area contributed by atoms with E-state index in [1.165, 1.54) is 0 Å². The van der Waals surface area contributed by atoms with E-state index in [9.17, 15) is 9.59 Å². The summed E-state index contributed by atoms with van der Waals surface area (Å²) in [6.45, 7) is 4.10. The van der Waals surface area contributed by atoms with E-state index in [0.717, 1.165) is 12.8 Å². The Morgan fingerprint density at radius 2 is 2.19 bits per heavy atom. The molecule has 1 aromatic rings. The molecule has 2 unspecified atom stereocenters. The number of piperazine rings is 1. The topological polar surface area (TPSA) is 75.2 Å². The molecule has 1 aromatic heterocycles. The third-order valence-corrected chi connectivity index (χ3v) is 4.51. The third kappa shape index (κ3) is 2.39. The third-order valence-electron chi connectivity index (χ3n) is 4.51. The van der Waals surface area contributed by atoms with Gasteiger partial charge in [-0.3, -0.25) is 9.59 Å². The van der Waals surface area contributed by atoms with Crippen molar-refractivity contribution < 1.29 is 9.59 Å². The first-order valence-electron chi connectivity index (χ1n) is 7.46. The van der Waals surface area contributed by atoms with Crippen LogP contribution in [0.25, 0.3) is 0 Å². The van der Waals surface area contributed by atoms with E-state index in [2.05, 4.69) is 15.5 Å². The molecule has 21 heavy (non-hydrogen) atoms. The van der Waals surface area contributed by atoms with E-state index < -0.39 is 11.6 Å². The molecule has 2 fully saturated rings. The Morgan fingerprint density at radius 3 is 2.76 bits per heavy atom. The summed E-state index contributed by atoms with van der Waals surface area (Å²) in [5.41, 5.74) is -0.0533. The summed E-state index contributed by atoms with van der Waals surface area (Å²) in [5, 5.41) is 10.8. The quantitative estimate of drug-likeness (QED) is 0.892. The smallest absolute Gasteiger partial charge is 0.249 e. The minimum Gasteiger partial charge on any atom is -0.340 e. The number of nitrogens with one attached hydrogen (secondary N) is 1. The van der Waals surface area contributed by atoms with E-state index in [-0.39, 0.29) is 17.7 Å². The van der Waals surface area contributed by atoms with Crippen molar-refractivity contribution in [3.05, 3.63) is 24.0 Å². The van der Waals surface area contributed by atoms with Crippen LogP contribution in [-0.4, -0.2) is 38.5 Å². The second-order valence-electron chi connectivity index (χ2n) is 6.04. The van der Waals surface area contributed by atoms with Gasteiger partial charge in [-0.2, -0.15) is 10.2 Å². The molecule has 1 saturated heterocycles.